The van der Waals surface area contributed by atoms with Crippen molar-refractivity contribution in [3.05, 3.63) is 84.4 Å². The van der Waals surface area contributed by atoms with Crippen LogP contribution in [-0.2, 0) is 0 Å². The molecule has 0 amide bonds. The maximum absolute atomic E-state index is 5.35. The Bertz CT molecular complexity index is 1070. The van der Waals surface area contributed by atoms with Crippen LogP contribution in [-0.4, -0.2) is 35.3 Å². The first kappa shape index (κ1) is 18.4. The summed E-state index contributed by atoms with van der Waals surface area (Å²) < 4.78 is 12.4. The van der Waals surface area contributed by atoms with Crippen molar-refractivity contribution in [2.45, 2.75) is 0 Å². The number of nitrogens with zero attached hydrogens (tertiary/aromatic N) is 4. The number of aromatic nitrogens is 3. The second-order valence-corrected chi connectivity index (χ2v) is 6.28. The van der Waals surface area contributed by atoms with Crippen molar-refractivity contribution in [1.82, 2.24) is 14.9 Å². The molecule has 0 saturated heterocycles. The summed E-state index contributed by atoms with van der Waals surface area (Å²) in [6.45, 7) is 0. The van der Waals surface area contributed by atoms with Gasteiger partial charge in [0.05, 0.1) is 20.4 Å². The molecule has 4 rings (SSSR count). The van der Waals surface area contributed by atoms with Gasteiger partial charge in [-0.3, -0.25) is 0 Å². The van der Waals surface area contributed by atoms with Crippen LogP contribution >= 0.6 is 0 Å². The van der Waals surface area contributed by atoms with Crippen molar-refractivity contribution in [2.75, 3.05) is 14.2 Å². The summed E-state index contributed by atoms with van der Waals surface area (Å²) in [5.41, 5.74) is 2.70. The Hall–Kier alpha value is -3.93. The standard InChI is InChI=1S/C23H20N4O2/c1-28-20-12-6-10-18(14-20)22-25-26-23(19-11-7-13-21(15-19)29-2)27(22)24-16-17-8-4-3-5-9-17/h3-16H,1-2H3/b24-16+. The van der Waals surface area contributed by atoms with Crippen LogP contribution in [0.25, 0.3) is 22.8 Å². The summed E-state index contributed by atoms with van der Waals surface area (Å²) in [4.78, 5) is 0. The monoisotopic (exact) mass is 384 g/mol. The lowest BCUT2D eigenvalue weighted by Crippen LogP contribution is -1.98. The van der Waals surface area contributed by atoms with E-state index in [1.165, 1.54) is 0 Å². The van der Waals surface area contributed by atoms with Crippen molar-refractivity contribution in [1.29, 1.82) is 0 Å². The van der Waals surface area contributed by atoms with Crippen LogP contribution < -0.4 is 9.47 Å². The summed E-state index contributed by atoms with van der Waals surface area (Å²) in [5.74, 6) is 2.72. The average molecular weight is 384 g/mol. The molecule has 29 heavy (non-hydrogen) atoms. The van der Waals surface area contributed by atoms with E-state index in [0.29, 0.717) is 11.6 Å². The highest BCUT2D eigenvalue weighted by Crippen LogP contribution is 2.28. The molecule has 0 aliphatic rings. The zero-order valence-electron chi connectivity index (χ0n) is 16.2. The van der Waals surface area contributed by atoms with Crippen molar-refractivity contribution in [2.24, 2.45) is 5.10 Å². The lowest BCUT2D eigenvalue weighted by Gasteiger charge is -2.07. The van der Waals surface area contributed by atoms with Gasteiger partial charge in [0, 0.05) is 11.1 Å². The van der Waals surface area contributed by atoms with Gasteiger partial charge in [-0.2, -0.15) is 9.78 Å². The van der Waals surface area contributed by atoms with Gasteiger partial charge >= 0.3 is 0 Å². The van der Waals surface area contributed by atoms with Gasteiger partial charge in [0.15, 0.2) is 11.6 Å². The van der Waals surface area contributed by atoms with E-state index in [1.807, 2.05) is 78.9 Å². The van der Waals surface area contributed by atoms with Crippen molar-refractivity contribution >= 4 is 6.21 Å². The van der Waals surface area contributed by atoms with E-state index in [4.69, 9.17) is 9.47 Å². The van der Waals surface area contributed by atoms with E-state index in [0.717, 1.165) is 28.2 Å². The summed E-state index contributed by atoms with van der Waals surface area (Å²) in [7, 11) is 3.28. The van der Waals surface area contributed by atoms with E-state index in [1.54, 1.807) is 25.1 Å². The van der Waals surface area contributed by atoms with Gasteiger partial charge in [-0.15, -0.1) is 10.2 Å². The zero-order chi connectivity index (χ0) is 20.1. The SMILES string of the molecule is COc1cccc(-c2nnc(-c3cccc(OC)c3)n2/N=C/c2ccccc2)c1. The van der Waals surface area contributed by atoms with Crippen LogP contribution in [0.15, 0.2) is 84.0 Å². The number of methoxy groups -OCH3 is 2. The Morgan fingerprint density at radius 1 is 0.724 bits per heavy atom. The van der Waals surface area contributed by atoms with Crippen LogP contribution in [0.4, 0.5) is 0 Å². The first-order valence-corrected chi connectivity index (χ1v) is 9.12. The van der Waals surface area contributed by atoms with Crippen molar-refractivity contribution in [3.8, 4) is 34.3 Å². The lowest BCUT2D eigenvalue weighted by molar-refractivity contribution is 0.415. The fourth-order valence-electron chi connectivity index (χ4n) is 2.94. The molecule has 1 heterocycles. The predicted molar refractivity (Wildman–Crippen MR) is 113 cm³/mol. The molecule has 0 radical (unpaired) electrons. The second-order valence-electron chi connectivity index (χ2n) is 6.28. The topological polar surface area (TPSA) is 61.5 Å². The third-order valence-corrected chi connectivity index (χ3v) is 4.42. The lowest BCUT2D eigenvalue weighted by atomic mass is 10.2. The normalized spacial score (nSPS) is 11.0. The van der Waals surface area contributed by atoms with Gasteiger partial charge in [-0.1, -0.05) is 54.6 Å². The molecule has 6 nitrogen and oxygen atoms in total. The molecular weight excluding hydrogens is 364 g/mol. The number of benzene rings is 3. The highest BCUT2D eigenvalue weighted by molar-refractivity contribution is 5.80. The summed E-state index contributed by atoms with van der Waals surface area (Å²) in [6, 6.07) is 25.2. The largest absolute Gasteiger partial charge is 0.497 e. The molecule has 144 valence electrons. The molecule has 3 aromatic carbocycles. The molecule has 0 aliphatic heterocycles. The Morgan fingerprint density at radius 3 is 1.79 bits per heavy atom. The number of rotatable bonds is 6. The Labute approximate surface area is 169 Å². The smallest absolute Gasteiger partial charge is 0.185 e. The number of hydrogen-bond acceptors (Lipinski definition) is 5. The molecule has 0 atom stereocenters. The fraction of sp³-hybridized carbons (Fsp3) is 0.0870. The van der Waals surface area contributed by atoms with Crippen molar-refractivity contribution in [3.63, 3.8) is 0 Å². The van der Waals surface area contributed by atoms with E-state index in [9.17, 15) is 0 Å². The average Bonchev–Trinajstić information content (AvgIpc) is 3.22. The maximum atomic E-state index is 5.35. The van der Waals surface area contributed by atoms with Gasteiger partial charge < -0.3 is 9.47 Å². The predicted octanol–water partition coefficient (Wildman–Crippen LogP) is 4.51. The third-order valence-electron chi connectivity index (χ3n) is 4.42. The first-order chi connectivity index (χ1) is 14.3. The summed E-state index contributed by atoms with van der Waals surface area (Å²) in [5, 5.41) is 13.5. The van der Waals surface area contributed by atoms with Crippen LogP contribution in [0.2, 0.25) is 0 Å². The highest BCUT2D eigenvalue weighted by Gasteiger charge is 2.16. The minimum atomic E-state index is 0.619. The number of hydrogen-bond donors (Lipinski definition) is 0. The van der Waals surface area contributed by atoms with Crippen LogP contribution in [0.1, 0.15) is 5.56 Å². The molecule has 0 fully saturated rings. The van der Waals surface area contributed by atoms with E-state index < -0.39 is 0 Å². The maximum Gasteiger partial charge on any atom is 0.185 e. The number of ether oxygens (including phenoxy) is 2. The molecule has 0 bridgehead atoms. The molecule has 1 aromatic heterocycles. The van der Waals surface area contributed by atoms with Gasteiger partial charge in [0.2, 0.25) is 0 Å². The Balaban J connectivity index is 1.85. The molecule has 0 N–H and O–H groups in total. The highest BCUT2D eigenvalue weighted by atomic mass is 16.5. The van der Waals surface area contributed by atoms with Crippen LogP contribution in [0, 0.1) is 0 Å². The van der Waals surface area contributed by atoms with Gasteiger partial charge in [-0.25, -0.2) is 0 Å². The second kappa shape index (κ2) is 8.39. The molecule has 0 aliphatic carbocycles. The minimum absolute atomic E-state index is 0.619. The fourth-order valence-corrected chi connectivity index (χ4v) is 2.94. The molecule has 0 unspecified atom stereocenters. The van der Waals surface area contributed by atoms with Crippen molar-refractivity contribution < 1.29 is 9.47 Å². The molecule has 0 spiro atoms. The molecule has 4 aromatic rings. The molecule has 6 heteroatoms. The quantitative estimate of drug-likeness (QED) is 0.459. The van der Waals surface area contributed by atoms with Crippen LogP contribution in [0.5, 0.6) is 11.5 Å². The van der Waals surface area contributed by atoms with Gasteiger partial charge in [0.25, 0.3) is 0 Å². The van der Waals surface area contributed by atoms with Gasteiger partial charge in [0.1, 0.15) is 11.5 Å². The summed E-state index contributed by atoms with van der Waals surface area (Å²) >= 11 is 0. The molecule has 0 saturated carbocycles. The third kappa shape index (κ3) is 4.01. The Morgan fingerprint density at radius 2 is 1.28 bits per heavy atom. The van der Waals surface area contributed by atoms with Gasteiger partial charge in [-0.05, 0) is 29.8 Å². The minimum Gasteiger partial charge on any atom is -0.497 e. The van der Waals surface area contributed by atoms with E-state index in [2.05, 4.69) is 15.3 Å². The van der Waals surface area contributed by atoms with E-state index in [-0.39, 0.29) is 0 Å². The Kier molecular flexibility index (Phi) is 5.33. The van der Waals surface area contributed by atoms with E-state index >= 15 is 0 Å². The zero-order valence-corrected chi connectivity index (χ0v) is 16.2. The summed E-state index contributed by atoms with van der Waals surface area (Å²) in [6.07, 6.45) is 1.79. The molecular formula is C23H20N4O2. The van der Waals surface area contributed by atoms with Crippen LogP contribution in [0.3, 0.4) is 0 Å². The first-order valence-electron chi connectivity index (χ1n) is 9.12.